The number of aromatic nitrogens is 1. The van der Waals surface area contributed by atoms with Gasteiger partial charge in [0.15, 0.2) is 5.75 Å². The highest BCUT2D eigenvalue weighted by Crippen LogP contribution is 2.40. The molecule has 1 saturated heterocycles. The van der Waals surface area contributed by atoms with Gasteiger partial charge in [-0.05, 0) is 79.1 Å². The van der Waals surface area contributed by atoms with Gasteiger partial charge in [0.05, 0.1) is 49.7 Å². The Bertz CT molecular complexity index is 2430. The zero-order valence-corrected chi connectivity index (χ0v) is 35.0. The van der Waals surface area contributed by atoms with Crippen molar-refractivity contribution in [3.8, 4) is 23.0 Å². The molecule has 5 aromatic rings. The van der Waals surface area contributed by atoms with Crippen molar-refractivity contribution in [3.63, 3.8) is 0 Å². The van der Waals surface area contributed by atoms with E-state index in [-0.39, 0.29) is 34.7 Å². The van der Waals surface area contributed by atoms with Crippen LogP contribution in [0.2, 0.25) is 0 Å². The standard InChI is InChI=1S/C43H51N7O8S/c1-26(27-11-10-20-57-45-25-27)46-41(51)33-15-14-29(23-38(33)55-5)47-39-24-30(18-19-44-39)58-37-17-16-34(31-12-8-9-13-32(31)37)48-42(52)49-35-21-28(43(2,3)4)22-36(40(35)56-6)50-59(7,53)54/h8-9,12-19,21-24,26-27,45,50H,10-11,20,25H2,1-7H3,(H,44,47)(H,46,51)(H2,48,49,52). The number of rotatable bonds is 13. The molecule has 0 aliphatic carbocycles. The molecule has 1 aliphatic heterocycles. The van der Waals surface area contributed by atoms with Gasteiger partial charge in [0, 0.05) is 47.4 Å². The van der Waals surface area contributed by atoms with E-state index in [0.29, 0.717) is 64.2 Å². The van der Waals surface area contributed by atoms with Crippen LogP contribution in [0.15, 0.2) is 85.1 Å². The average molecular weight is 826 g/mol. The summed E-state index contributed by atoms with van der Waals surface area (Å²) in [6.07, 6.45) is 4.54. The predicted molar refractivity (Wildman–Crippen MR) is 231 cm³/mol. The van der Waals surface area contributed by atoms with E-state index in [1.807, 2.05) is 52.0 Å². The van der Waals surface area contributed by atoms with E-state index in [1.54, 1.807) is 60.8 Å². The third kappa shape index (κ3) is 10.9. The van der Waals surface area contributed by atoms with Crippen molar-refractivity contribution < 1.29 is 37.1 Å². The number of urea groups is 1. The number of anilines is 5. The maximum Gasteiger partial charge on any atom is 0.323 e. The number of sulfonamides is 1. The number of carbonyl (C=O) groups excluding carboxylic acids is 2. The number of pyridine rings is 1. The molecule has 2 atom stereocenters. The van der Waals surface area contributed by atoms with Crippen molar-refractivity contribution in [1.82, 2.24) is 15.8 Å². The van der Waals surface area contributed by atoms with Gasteiger partial charge in [-0.2, -0.15) is 0 Å². The van der Waals surface area contributed by atoms with Gasteiger partial charge >= 0.3 is 6.03 Å². The fourth-order valence-electron chi connectivity index (χ4n) is 6.76. The largest absolute Gasteiger partial charge is 0.496 e. The first kappa shape index (κ1) is 42.5. The molecular formula is C43H51N7O8S. The first-order chi connectivity index (χ1) is 28.1. The van der Waals surface area contributed by atoms with Crippen molar-refractivity contribution in [2.75, 3.05) is 54.3 Å². The molecule has 6 rings (SSSR count). The van der Waals surface area contributed by atoms with E-state index in [4.69, 9.17) is 19.0 Å². The number of carbonyl (C=O) groups is 2. The number of nitrogens with one attached hydrogen (secondary N) is 6. The fraction of sp³-hybridized carbons (Fsp3) is 0.326. The monoisotopic (exact) mass is 825 g/mol. The predicted octanol–water partition coefficient (Wildman–Crippen LogP) is 8.15. The second-order valence-corrected chi connectivity index (χ2v) is 17.1. The summed E-state index contributed by atoms with van der Waals surface area (Å²) in [5.74, 6) is 2.14. The molecule has 2 unspecified atom stereocenters. The van der Waals surface area contributed by atoms with Gasteiger partial charge in [0.1, 0.15) is 23.1 Å². The lowest BCUT2D eigenvalue weighted by Crippen LogP contribution is -2.41. The summed E-state index contributed by atoms with van der Waals surface area (Å²) in [7, 11) is -0.716. The zero-order chi connectivity index (χ0) is 42.3. The Morgan fingerprint density at radius 2 is 1.64 bits per heavy atom. The second kappa shape index (κ2) is 18.2. The van der Waals surface area contributed by atoms with E-state index in [1.165, 1.54) is 14.2 Å². The second-order valence-electron chi connectivity index (χ2n) is 15.3. The molecule has 59 heavy (non-hydrogen) atoms. The van der Waals surface area contributed by atoms with Crippen LogP contribution in [0, 0.1) is 5.92 Å². The van der Waals surface area contributed by atoms with E-state index >= 15 is 0 Å². The SMILES string of the molecule is COc1cc(Nc2cc(Oc3ccc(NC(=O)Nc4cc(C(C)(C)C)cc(NS(C)(=O)=O)c4OC)c4ccccc34)ccn2)ccc1C(=O)NC(C)C1CCCONC1. The van der Waals surface area contributed by atoms with Crippen LogP contribution in [0.3, 0.4) is 0 Å². The minimum atomic E-state index is -3.65. The molecule has 1 fully saturated rings. The Kier molecular flexibility index (Phi) is 13.1. The number of fused-ring (bicyclic) bond motifs is 1. The molecule has 1 aliphatic rings. The van der Waals surface area contributed by atoms with E-state index in [9.17, 15) is 18.0 Å². The van der Waals surface area contributed by atoms with Crippen molar-refractivity contribution in [2.24, 2.45) is 5.92 Å². The Hall–Kier alpha value is -6.10. The minimum Gasteiger partial charge on any atom is -0.496 e. The number of methoxy groups -OCH3 is 2. The topological polar surface area (TPSA) is 190 Å². The van der Waals surface area contributed by atoms with Crippen molar-refractivity contribution >= 4 is 61.3 Å². The van der Waals surface area contributed by atoms with Crippen LogP contribution >= 0.6 is 0 Å². The lowest BCUT2D eigenvalue weighted by Gasteiger charge is -2.24. The Morgan fingerprint density at radius 1 is 0.898 bits per heavy atom. The average Bonchev–Trinajstić information content (AvgIpc) is 3.48. The molecule has 0 spiro atoms. The smallest absolute Gasteiger partial charge is 0.323 e. The summed E-state index contributed by atoms with van der Waals surface area (Å²) < 4.78 is 44.4. The lowest BCUT2D eigenvalue weighted by molar-refractivity contribution is 0.0476. The van der Waals surface area contributed by atoms with Crippen LogP contribution in [0.4, 0.5) is 33.4 Å². The van der Waals surface area contributed by atoms with Crippen molar-refractivity contribution in [2.45, 2.75) is 52.0 Å². The van der Waals surface area contributed by atoms with Gasteiger partial charge < -0.3 is 40.3 Å². The van der Waals surface area contributed by atoms with Crippen LogP contribution in [-0.2, 0) is 20.3 Å². The van der Waals surface area contributed by atoms with Gasteiger partial charge in [0.25, 0.3) is 5.91 Å². The first-order valence-corrected chi connectivity index (χ1v) is 21.1. The molecule has 0 radical (unpaired) electrons. The molecule has 2 heterocycles. The molecule has 0 bridgehead atoms. The van der Waals surface area contributed by atoms with Crippen LogP contribution in [-0.4, -0.2) is 65.0 Å². The minimum absolute atomic E-state index is 0.0648. The van der Waals surface area contributed by atoms with Crippen LogP contribution in [0.1, 0.15) is 56.5 Å². The summed E-state index contributed by atoms with van der Waals surface area (Å²) in [5, 5.41) is 13.6. The Balaban J connectivity index is 1.16. The quantitative estimate of drug-likeness (QED) is 0.0672. The van der Waals surface area contributed by atoms with E-state index in [0.717, 1.165) is 30.0 Å². The number of ether oxygens (including phenoxy) is 3. The molecule has 16 heteroatoms. The molecule has 1 aromatic heterocycles. The van der Waals surface area contributed by atoms with Gasteiger partial charge in [-0.3, -0.25) is 9.52 Å². The summed E-state index contributed by atoms with van der Waals surface area (Å²) >= 11 is 0. The molecule has 6 N–H and O–H groups in total. The maximum atomic E-state index is 13.5. The van der Waals surface area contributed by atoms with E-state index in [2.05, 4.69) is 36.5 Å². The fourth-order valence-corrected chi connectivity index (χ4v) is 7.31. The number of benzene rings is 4. The third-order valence-electron chi connectivity index (χ3n) is 9.85. The Labute approximate surface area is 344 Å². The van der Waals surface area contributed by atoms with Gasteiger partial charge in [-0.1, -0.05) is 45.0 Å². The number of amides is 3. The van der Waals surface area contributed by atoms with Crippen molar-refractivity contribution in [3.05, 3.63) is 96.2 Å². The molecule has 312 valence electrons. The maximum absolute atomic E-state index is 13.5. The third-order valence-corrected chi connectivity index (χ3v) is 10.4. The Morgan fingerprint density at radius 3 is 2.37 bits per heavy atom. The first-order valence-electron chi connectivity index (χ1n) is 19.2. The lowest BCUT2D eigenvalue weighted by atomic mass is 9.86. The van der Waals surface area contributed by atoms with Gasteiger partial charge in [0.2, 0.25) is 10.0 Å². The van der Waals surface area contributed by atoms with Gasteiger partial charge in [-0.15, -0.1) is 0 Å². The number of nitrogens with zero attached hydrogens (tertiary/aromatic N) is 1. The summed E-state index contributed by atoms with van der Waals surface area (Å²) in [6, 6.07) is 22.6. The van der Waals surface area contributed by atoms with Crippen LogP contribution < -0.4 is 45.7 Å². The summed E-state index contributed by atoms with van der Waals surface area (Å²) in [6.45, 7) is 9.26. The number of hydroxylamine groups is 1. The molecular weight excluding hydrogens is 775 g/mol. The number of hydrogen-bond donors (Lipinski definition) is 6. The molecule has 0 saturated carbocycles. The normalized spacial score (nSPS) is 15.0. The highest BCUT2D eigenvalue weighted by molar-refractivity contribution is 7.92. The summed E-state index contributed by atoms with van der Waals surface area (Å²) in [5.41, 5.74) is 5.47. The zero-order valence-electron chi connectivity index (χ0n) is 34.2. The highest BCUT2D eigenvalue weighted by atomic mass is 32.2. The van der Waals surface area contributed by atoms with Crippen LogP contribution in [0.25, 0.3) is 10.8 Å². The van der Waals surface area contributed by atoms with E-state index < -0.39 is 16.1 Å². The highest BCUT2D eigenvalue weighted by Gasteiger charge is 2.24. The molecule has 15 nitrogen and oxygen atoms in total. The van der Waals surface area contributed by atoms with Crippen molar-refractivity contribution in [1.29, 1.82) is 0 Å². The number of hydrogen-bond acceptors (Lipinski definition) is 11. The molecule has 3 amide bonds. The van der Waals surface area contributed by atoms with Crippen LogP contribution in [0.5, 0.6) is 23.0 Å². The summed E-state index contributed by atoms with van der Waals surface area (Å²) in [4.78, 5) is 36.6. The van der Waals surface area contributed by atoms with Gasteiger partial charge in [-0.25, -0.2) is 23.7 Å². The molecule has 4 aromatic carbocycles.